The van der Waals surface area contributed by atoms with E-state index in [1.807, 2.05) is 0 Å². The van der Waals surface area contributed by atoms with Crippen molar-refractivity contribution in [3.05, 3.63) is 29.8 Å². The van der Waals surface area contributed by atoms with Crippen LogP contribution < -0.4 is 10.6 Å². The first-order chi connectivity index (χ1) is 8.02. The Bertz CT molecular complexity index is 368. The Morgan fingerprint density at radius 1 is 1.18 bits per heavy atom. The van der Waals surface area contributed by atoms with Crippen LogP contribution in [-0.4, -0.2) is 19.1 Å². The molecule has 2 rings (SSSR count). The highest BCUT2D eigenvalue weighted by Gasteiger charge is 2.32. The van der Waals surface area contributed by atoms with Crippen molar-refractivity contribution in [3.8, 4) is 0 Å². The number of rotatable bonds is 4. The zero-order valence-electron chi connectivity index (χ0n) is 9.37. The molecule has 1 aliphatic carbocycles. The second-order valence-corrected chi connectivity index (χ2v) is 4.26. The van der Waals surface area contributed by atoms with Crippen molar-refractivity contribution in [1.82, 2.24) is 0 Å². The van der Waals surface area contributed by atoms with Crippen molar-refractivity contribution in [2.24, 2.45) is 5.73 Å². The summed E-state index contributed by atoms with van der Waals surface area (Å²) in [6, 6.07) is 5.76. The maximum Gasteiger partial charge on any atom is 0.416 e. The topological polar surface area (TPSA) is 29.3 Å². The van der Waals surface area contributed by atoms with E-state index in [-0.39, 0.29) is 0 Å². The minimum atomic E-state index is -4.27. The van der Waals surface area contributed by atoms with Gasteiger partial charge in [-0.05, 0) is 37.1 Å². The van der Waals surface area contributed by atoms with Crippen molar-refractivity contribution >= 4 is 5.69 Å². The van der Waals surface area contributed by atoms with Gasteiger partial charge in [0.15, 0.2) is 0 Å². The second-order valence-electron chi connectivity index (χ2n) is 4.26. The van der Waals surface area contributed by atoms with Crippen LogP contribution in [0.3, 0.4) is 0 Å². The third kappa shape index (κ3) is 2.91. The first kappa shape index (κ1) is 12.2. The predicted octanol–water partition coefficient (Wildman–Crippen LogP) is 2.63. The lowest BCUT2D eigenvalue weighted by atomic mass is 10.2. The highest BCUT2D eigenvalue weighted by molar-refractivity contribution is 5.50. The van der Waals surface area contributed by atoms with E-state index < -0.39 is 11.7 Å². The van der Waals surface area contributed by atoms with Crippen LogP contribution in [0.25, 0.3) is 0 Å². The first-order valence-corrected chi connectivity index (χ1v) is 5.66. The number of hydrogen-bond acceptors (Lipinski definition) is 2. The monoisotopic (exact) mass is 244 g/mol. The Hall–Kier alpha value is -1.23. The average molecular weight is 244 g/mol. The zero-order valence-corrected chi connectivity index (χ0v) is 9.37. The van der Waals surface area contributed by atoms with Gasteiger partial charge in [0.05, 0.1) is 5.56 Å². The van der Waals surface area contributed by atoms with E-state index in [0.29, 0.717) is 19.1 Å². The summed E-state index contributed by atoms with van der Waals surface area (Å²) in [6.45, 7) is 1.20. The van der Waals surface area contributed by atoms with Crippen molar-refractivity contribution in [3.63, 3.8) is 0 Å². The van der Waals surface area contributed by atoms with Gasteiger partial charge in [0.1, 0.15) is 0 Å². The molecule has 2 nitrogen and oxygen atoms in total. The maximum atomic E-state index is 12.4. The van der Waals surface area contributed by atoms with E-state index in [1.165, 1.54) is 12.1 Å². The Labute approximate surface area is 98.2 Å². The summed E-state index contributed by atoms with van der Waals surface area (Å²) in [6.07, 6.45) is -2.07. The molecule has 2 N–H and O–H groups in total. The molecule has 0 spiro atoms. The molecule has 0 saturated heterocycles. The lowest BCUT2D eigenvalue weighted by Gasteiger charge is -2.24. The average Bonchev–Trinajstić information content (AvgIpc) is 3.09. The normalized spacial score (nSPS) is 16.0. The molecule has 1 aliphatic rings. The molecule has 0 atom stereocenters. The molecule has 5 heteroatoms. The molecule has 0 aliphatic heterocycles. The predicted molar refractivity (Wildman–Crippen MR) is 60.9 cm³/mol. The number of alkyl halides is 3. The molecular formula is C12H15F3N2. The van der Waals surface area contributed by atoms with Gasteiger partial charge in [-0.15, -0.1) is 0 Å². The van der Waals surface area contributed by atoms with Gasteiger partial charge in [0.25, 0.3) is 0 Å². The molecule has 1 aromatic carbocycles. The molecule has 1 fully saturated rings. The van der Waals surface area contributed by atoms with Crippen molar-refractivity contribution < 1.29 is 13.2 Å². The van der Waals surface area contributed by atoms with E-state index in [9.17, 15) is 13.2 Å². The molecule has 1 aromatic rings. The summed E-state index contributed by atoms with van der Waals surface area (Å²) in [4.78, 5) is 2.08. The number of hydrogen-bond donors (Lipinski definition) is 1. The Kier molecular flexibility index (Phi) is 3.28. The van der Waals surface area contributed by atoms with Crippen LogP contribution in [0, 0.1) is 0 Å². The molecule has 1 saturated carbocycles. The summed E-state index contributed by atoms with van der Waals surface area (Å²) in [7, 11) is 0. The SMILES string of the molecule is NCCN(c1ccc(C(F)(F)F)cc1)C1CC1. The molecule has 17 heavy (non-hydrogen) atoms. The van der Waals surface area contributed by atoms with E-state index in [2.05, 4.69) is 4.90 Å². The highest BCUT2D eigenvalue weighted by Crippen LogP contribution is 2.34. The second kappa shape index (κ2) is 4.56. The molecular weight excluding hydrogens is 229 g/mol. The van der Waals surface area contributed by atoms with Crippen LogP contribution in [-0.2, 0) is 6.18 Å². The molecule has 0 heterocycles. The minimum absolute atomic E-state index is 0.454. The van der Waals surface area contributed by atoms with Gasteiger partial charge >= 0.3 is 6.18 Å². The molecule has 0 bridgehead atoms. The quantitative estimate of drug-likeness (QED) is 0.882. The van der Waals surface area contributed by atoms with Gasteiger partial charge in [-0.1, -0.05) is 0 Å². The standard InChI is InChI=1S/C12H15F3N2/c13-12(14,15)9-1-3-10(4-2-9)17(8-7-16)11-5-6-11/h1-4,11H,5-8,16H2. The van der Waals surface area contributed by atoms with Gasteiger partial charge < -0.3 is 10.6 Å². The summed E-state index contributed by atoms with van der Waals surface area (Å²) >= 11 is 0. The van der Waals surface area contributed by atoms with Gasteiger partial charge in [0, 0.05) is 24.8 Å². The Morgan fingerprint density at radius 2 is 1.76 bits per heavy atom. The van der Waals surface area contributed by atoms with E-state index in [4.69, 9.17) is 5.73 Å². The number of halogens is 3. The minimum Gasteiger partial charge on any atom is -0.367 e. The zero-order chi connectivity index (χ0) is 12.5. The molecule has 0 unspecified atom stereocenters. The van der Waals surface area contributed by atoms with E-state index >= 15 is 0 Å². The van der Waals surface area contributed by atoms with Crippen molar-refractivity contribution in [2.45, 2.75) is 25.1 Å². The number of anilines is 1. The Morgan fingerprint density at radius 3 is 2.18 bits per heavy atom. The molecule has 0 aromatic heterocycles. The van der Waals surface area contributed by atoms with E-state index in [0.717, 1.165) is 30.7 Å². The Balaban J connectivity index is 2.15. The largest absolute Gasteiger partial charge is 0.416 e. The van der Waals surface area contributed by atoms with Gasteiger partial charge in [-0.25, -0.2) is 0 Å². The molecule has 0 amide bonds. The number of benzene rings is 1. The lowest BCUT2D eigenvalue weighted by Crippen LogP contribution is -2.31. The summed E-state index contributed by atoms with van der Waals surface area (Å²) in [5.41, 5.74) is 5.73. The summed E-state index contributed by atoms with van der Waals surface area (Å²) in [5.74, 6) is 0. The van der Waals surface area contributed by atoms with Gasteiger partial charge in [-0.2, -0.15) is 13.2 Å². The van der Waals surface area contributed by atoms with Crippen LogP contribution in [0.1, 0.15) is 18.4 Å². The fraction of sp³-hybridized carbons (Fsp3) is 0.500. The highest BCUT2D eigenvalue weighted by atomic mass is 19.4. The van der Waals surface area contributed by atoms with Crippen molar-refractivity contribution in [2.75, 3.05) is 18.0 Å². The summed E-state index contributed by atoms with van der Waals surface area (Å²) in [5, 5.41) is 0. The van der Waals surface area contributed by atoms with Gasteiger partial charge in [-0.3, -0.25) is 0 Å². The van der Waals surface area contributed by atoms with Gasteiger partial charge in [0.2, 0.25) is 0 Å². The summed E-state index contributed by atoms with van der Waals surface area (Å²) < 4.78 is 37.2. The third-order valence-corrected chi connectivity index (χ3v) is 2.88. The fourth-order valence-electron chi connectivity index (χ4n) is 1.89. The van der Waals surface area contributed by atoms with Crippen LogP contribution in [0.5, 0.6) is 0 Å². The maximum absolute atomic E-state index is 12.4. The molecule has 0 radical (unpaired) electrons. The van der Waals surface area contributed by atoms with Crippen LogP contribution >= 0.6 is 0 Å². The lowest BCUT2D eigenvalue weighted by molar-refractivity contribution is -0.137. The number of nitrogens with zero attached hydrogens (tertiary/aromatic N) is 1. The van der Waals surface area contributed by atoms with Crippen molar-refractivity contribution in [1.29, 1.82) is 0 Å². The van der Waals surface area contributed by atoms with Crippen LogP contribution in [0.15, 0.2) is 24.3 Å². The fourth-order valence-corrected chi connectivity index (χ4v) is 1.89. The van der Waals surface area contributed by atoms with Crippen LogP contribution in [0.4, 0.5) is 18.9 Å². The number of nitrogens with two attached hydrogens (primary N) is 1. The van der Waals surface area contributed by atoms with E-state index in [1.54, 1.807) is 0 Å². The smallest absolute Gasteiger partial charge is 0.367 e. The molecule has 94 valence electrons. The van der Waals surface area contributed by atoms with Crippen LogP contribution in [0.2, 0.25) is 0 Å². The third-order valence-electron chi connectivity index (χ3n) is 2.88. The first-order valence-electron chi connectivity index (χ1n) is 5.66.